The Balaban J connectivity index is 1.81. The summed E-state index contributed by atoms with van der Waals surface area (Å²) < 4.78 is 7.67. The molecule has 1 aliphatic rings. The molecule has 0 aliphatic carbocycles. The Morgan fingerprint density at radius 1 is 1.39 bits per heavy atom. The molecule has 1 aliphatic heterocycles. The average Bonchev–Trinajstić information content (AvgIpc) is 2.56. The highest BCUT2D eigenvalue weighted by molar-refractivity contribution is 5.23. The van der Waals surface area contributed by atoms with E-state index in [1.54, 1.807) is 0 Å². The number of ether oxygens (including phenoxy) is 1. The maximum atomic E-state index is 5.73. The van der Waals surface area contributed by atoms with Gasteiger partial charge in [0.2, 0.25) is 0 Å². The van der Waals surface area contributed by atoms with Crippen LogP contribution in [0.25, 0.3) is 0 Å². The van der Waals surface area contributed by atoms with Gasteiger partial charge in [-0.3, -0.25) is 4.68 Å². The van der Waals surface area contributed by atoms with Gasteiger partial charge in [0.15, 0.2) is 0 Å². The van der Waals surface area contributed by atoms with E-state index in [1.807, 2.05) is 11.7 Å². The first-order chi connectivity index (χ1) is 8.58. The van der Waals surface area contributed by atoms with Gasteiger partial charge in [0.05, 0.1) is 18.4 Å². The standard InChI is InChI=1S/C13H24N4O/c1-10-13(11(2)17(4)15-10)8-14-7-12-9-16(3)5-6-18-12/h12,14H,5-9H2,1-4H3. The molecule has 18 heavy (non-hydrogen) atoms. The first-order valence-corrected chi connectivity index (χ1v) is 6.58. The molecule has 0 aromatic carbocycles. The maximum absolute atomic E-state index is 5.73. The number of aryl methyl sites for hydroxylation is 2. The summed E-state index contributed by atoms with van der Waals surface area (Å²) in [6.07, 6.45) is 0.307. The third-order valence-corrected chi connectivity index (χ3v) is 3.67. The Morgan fingerprint density at radius 2 is 2.17 bits per heavy atom. The Hall–Kier alpha value is -0.910. The third kappa shape index (κ3) is 3.10. The van der Waals surface area contributed by atoms with Crippen LogP contribution in [0.3, 0.4) is 0 Å². The number of nitrogens with one attached hydrogen (secondary N) is 1. The minimum absolute atomic E-state index is 0.307. The van der Waals surface area contributed by atoms with Crippen LogP contribution in [0, 0.1) is 13.8 Å². The van der Waals surface area contributed by atoms with Crippen molar-refractivity contribution in [3.63, 3.8) is 0 Å². The molecule has 1 aromatic rings. The average molecular weight is 252 g/mol. The Bertz CT molecular complexity index is 402. The number of nitrogens with zero attached hydrogens (tertiary/aromatic N) is 3. The third-order valence-electron chi connectivity index (χ3n) is 3.67. The van der Waals surface area contributed by atoms with Crippen molar-refractivity contribution >= 4 is 0 Å². The first-order valence-electron chi connectivity index (χ1n) is 6.58. The van der Waals surface area contributed by atoms with Crippen molar-refractivity contribution in [2.45, 2.75) is 26.5 Å². The minimum atomic E-state index is 0.307. The quantitative estimate of drug-likeness (QED) is 0.845. The topological polar surface area (TPSA) is 42.3 Å². The van der Waals surface area contributed by atoms with Gasteiger partial charge in [-0.05, 0) is 20.9 Å². The van der Waals surface area contributed by atoms with E-state index in [4.69, 9.17) is 4.74 Å². The molecule has 2 heterocycles. The molecule has 0 amide bonds. The second-order valence-corrected chi connectivity index (χ2v) is 5.16. The zero-order chi connectivity index (χ0) is 13.1. The molecule has 1 aromatic heterocycles. The van der Waals surface area contributed by atoms with Gasteiger partial charge in [-0.2, -0.15) is 5.10 Å². The summed E-state index contributed by atoms with van der Waals surface area (Å²) in [6, 6.07) is 0. The second kappa shape index (κ2) is 5.82. The fraction of sp³-hybridized carbons (Fsp3) is 0.769. The lowest BCUT2D eigenvalue weighted by Crippen LogP contribution is -2.44. The molecule has 1 unspecified atom stereocenters. The molecule has 0 saturated carbocycles. The Morgan fingerprint density at radius 3 is 2.78 bits per heavy atom. The SMILES string of the molecule is Cc1nn(C)c(C)c1CNCC1CN(C)CCO1. The van der Waals surface area contributed by atoms with Crippen LogP contribution in [0.1, 0.15) is 17.0 Å². The fourth-order valence-electron chi connectivity index (χ4n) is 2.42. The van der Waals surface area contributed by atoms with Crippen LogP contribution in [0.15, 0.2) is 0 Å². The summed E-state index contributed by atoms with van der Waals surface area (Å²) >= 11 is 0. The number of hydrogen-bond acceptors (Lipinski definition) is 4. The van der Waals surface area contributed by atoms with Gasteiger partial charge in [0.25, 0.3) is 0 Å². The molecule has 5 nitrogen and oxygen atoms in total. The van der Waals surface area contributed by atoms with Gasteiger partial charge in [-0.15, -0.1) is 0 Å². The smallest absolute Gasteiger partial charge is 0.0826 e. The van der Waals surface area contributed by atoms with Crippen molar-refractivity contribution in [1.82, 2.24) is 20.0 Å². The zero-order valence-electron chi connectivity index (χ0n) is 11.9. The van der Waals surface area contributed by atoms with Gasteiger partial charge in [-0.1, -0.05) is 0 Å². The van der Waals surface area contributed by atoms with Gasteiger partial charge in [-0.25, -0.2) is 0 Å². The van der Waals surface area contributed by atoms with E-state index in [9.17, 15) is 0 Å². The highest BCUT2D eigenvalue weighted by Crippen LogP contribution is 2.11. The number of hydrogen-bond donors (Lipinski definition) is 1. The molecule has 2 rings (SSSR count). The summed E-state index contributed by atoms with van der Waals surface area (Å²) in [5.74, 6) is 0. The van der Waals surface area contributed by atoms with Crippen molar-refractivity contribution < 1.29 is 4.74 Å². The van der Waals surface area contributed by atoms with E-state index in [1.165, 1.54) is 11.3 Å². The Kier molecular flexibility index (Phi) is 4.37. The highest BCUT2D eigenvalue weighted by atomic mass is 16.5. The van der Waals surface area contributed by atoms with Gasteiger partial charge >= 0.3 is 0 Å². The van der Waals surface area contributed by atoms with E-state index in [0.29, 0.717) is 6.10 Å². The minimum Gasteiger partial charge on any atom is -0.374 e. The molecule has 0 radical (unpaired) electrons. The van der Waals surface area contributed by atoms with Crippen LogP contribution >= 0.6 is 0 Å². The van der Waals surface area contributed by atoms with Crippen LogP contribution in [0.2, 0.25) is 0 Å². The molecule has 1 N–H and O–H groups in total. The molecule has 1 fully saturated rings. The zero-order valence-corrected chi connectivity index (χ0v) is 11.9. The second-order valence-electron chi connectivity index (χ2n) is 5.16. The van der Waals surface area contributed by atoms with E-state index in [2.05, 4.69) is 36.2 Å². The molecular weight excluding hydrogens is 228 g/mol. The van der Waals surface area contributed by atoms with E-state index in [-0.39, 0.29) is 0 Å². The summed E-state index contributed by atoms with van der Waals surface area (Å²) in [7, 11) is 4.13. The lowest BCUT2D eigenvalue weighted by molar-refractivity contribution is -0.0182. The predicted octanol–water partition coefficient (Wildman–Crippen LogP) is 0.457. The van der Waals surface area contributed by atoms with Crippen molar-refractivity contribution in [3.8, 4) is 0 Å². The summed E-state index contributed by atoms with van der Waals surface area (Å²) in [4.78, 5) is 2.32. The van der Waals surface area contributed by atoms with Crippen molar-refractivity contribution in [2.24, 2.45) is 7.05 Å². The van der Waals surface area contributed by atoms with E-state index >= 15 is 0 Å². The van der Waals surface area contributed by atoms with Crippen LogP contribution < -0.4 is 5.32 Å². The number of likely N-dealkylation sites (N-methyl/N-ethyl adjacent to an activating group) is 1. The monoisotopic (exact) mass is 252 g/mol. The first kappa shape index (κ1) is 13.5. The predicted molar refractivity (Wildman–Crippen MR) is 71.6 cm³/mol. The van der Waals surface area contributed by atoms with Gasteiger partial charge in [0, 0.05) is 44.5 Å². The molecule has 0 bridgehead atoms. The van der Waals surface area contributed by atoms with Crippen molar-refractivity contribution in [3.05, 3.63) is 17.0 Å². The molecular formula is C13H24N4O. The van der Waals surface area contributed by atoms with Crippen LogP contribution in [0.5, 0.6) is 0 Å². The van der Waals surface area contributed by atoms with Crippen molar-refractivity contribution in [1.29, 1.82) is 0 Å². The summed E-state index contributed by atoms with van der Waals surface area (Å²) in [5.41, 5.74) is 3.66. The van der Waals surface area contributed by atoms with Crippen LogP contribution in [-0.4, -0.2) is 54.1 Å². The number of morpholine rings is 1. The maximum Gasteiger partial charge on any atom is 0.0826 e. The number of aromatic nitrogens is 2. The summed E-state index contributed by atoms with van der Waals surface area (Å²) in [5, 5.41) is 7.91. The lowest BCUT2D eigenvalue weighted by Gasteiger charge is -2.30. The van der Waals surface area contributed by atoms with E-state index in [0.717, 1.165) is 38.5 Å². The normalized spacial score (nSPS) is 21.4. The lowest BCUT2D eigenvalue weighted by atomic mass is 10.2. The fourth-order valence-corrected chi connectivity index (χ4v) is 2.42. The molecule has 102 valence electrons. The van der Waals surface area contributed by atoms with Crippen LogP contribution in [0.4, 0.5) is 0 Å². The van der Waals surface area contributed by atoms with E-state index < -0.39 is 0 Å². The van der Waals surface area contributed by atoms with Crippen molar-refractivity contribution in [2.75, 3.05) is 33.3 Å². The van der Waals surface area contributed by atoms with Gasteiger partial charge < -0.3 is 15.0 Å². The molecule has 1 saturated heterocycles. The van der Waals surface area contributed by atoms with Gasteiger partial charge in [0.1, 0.15) is 0 Å². The Labute approximate surface area is 109 Å². The molecule has 1 atom stereocenters. The molecule has 0 spiro atoms. The summed E-state index contributed by atoms with van der Waals surface area (Å²) in [6.45, 7) is 8.84. The highest BCUT2D eigenvalue weighted by Gasteiger charge is 2.17. The number of rotatable bonds is 4. The largest absolute Gasteiger partial charge is 0.374 e. The molecule has 5 heteroatoms. The van der Waals surface area contributed by atoms with Crippen LogP contribution in [-0.2, 0) is 18.3 Å².